The molecule has 19 heavy (non-hydrogen) atoms. The summed E-state index contributed by atoms with van der Waals surface area (Å²) in [4.78, 5) is 7.03. The minimum absolute atomic E-state index is 0.593. The Morgan fingerprint density at radius 1 is 1.32 bits per heavy atom. The van der Waals surface area contributed by atoms with E-state index in [2.05, 4.69) is 37.8 Å². The Kier molecular flexibility index (Phi) is 3.40. The van der Waals surface area contributed by atoms with Gasteiger partial charge in [0.05, 0.1) is 18.0 Å². The van der Waals surface area contributed by atoms with Crippen LogP contribution >= 0.6 is 0 Å². The van der Waals surface area contributed by atoms with Gasteiger partial charge in [0.15, 0.2) is 0 Å². The molecule has 0 aliphatic carbocycles. The fraction of sp³-hybridized carbons (Fsp3) is 0.500. The standard InChI is InChI=1S/C14H20N4O/c1-11-12(10-19-2)18-13(16-11)4-3-5-14(18)17-8-6-15-7-9-17/h3-5,15H,6-10H2,1-2H3. The van der Waals surface area contributed by atoms with E-state index in [1.165, 1.54) is 5.82 Å². The van der Waals surface area contributed by atoms with E-state index in [1.54, 1.807) is 7.11 Å². The zero-order chi connectivity index (χ0) is 13.2. The van der Waals surface area contributed by atoms with Gasteiger partial charge < -0.3 is 15.0 Å². The number of aromatic nitrogens is 2. The maximum Gasteiger partial charge on any atom is 0.138 e. The van der Waals surface area contributed by atoms with Crippen molar-refractivity contribution in [1.29, 1.82) is 0 Å². The van der Waals surface area contributed by atoms with Crippen LogP contribution in [0.15, 0.2) is 18.2 Å². The summed E-state index contributed by atoms with van der Waals surface area (Å²) in [7, 11) is 1.73. The number of hydrogen-bond acceptors (Lipinski definition) is 4. The normalized spacial score (nSPS) is 16.2. The first kappa shape index (κ1) is 12.4. The molecule has 0 bridgehead atoms. The molecule has 2 aromatic rings. The molecule has 0 radical (unpaired) electrons. The van der Waals surface area contributed by atoms with E-state index in [9.17, 15) is 0 Å². The Bertz CT molecular complexity index is 572. The molecule has 3 rings (SSSR count). The van der Waals surface area contributed by atoms with E-state index in [-0.39, 0.29) is 0 Å². The molecule has 0 amide bonds. The van der Waals surface area contributed by atoms with Gasteiger partial charge in [-0.2, -0.15) is 0 Å². The molecular formula is C14H20N4O. The molecule has 0 spiro atoms. The van der Waals surface area contributed by atoms with Gasteiger partial charge in [0, 0.05) is 33.3 Å². The second kappa shape index (κ2) is 5.19. The van der Waals surface area contributed by atoms with E-state index in [0.29, 0.717) is 6.61 Å². The largest absolute Gasteiger partial charge is 0.378 e. The van der Waals surface area contributed by atoms with Gasteiger partial charge in [0.2, 0.25) is 0 Å². The highest BCUT2D eigenvalue weighted by molar-refractivity contribution is 5.55. The summed E-state index contributed by atoms with van der Waals surface area (Å²) in [6.07, 6.45) is 0. The number of rotatable bonds is 3. The summed E-state index contributed by atoms with van der Waals surface area (Å²) in [5, 5.41) is 3.39. The number of aryl methyl sites for hydroxylation is 1. The Labute approximate surface area is 113 Å². The van der Waals surface area contributed by atoms with Crippen molar-refractivity contribution in [1.82, 2.24) is 14.7 Å². The molecule has 3 heterocycles. The number of ether oxygens (including phenoxy) is 1. The first-order chi connectivity index (χ1) is 9.31. The van der Waals surface area contributed by atoms with Crippen molar-refractivity contribution in [2.24, 2.45) is 0 Å². The number of nitrogens with zero attached hydrogens (tertiary/aromatic N) is 3. The maximum atomic E-state index is 5.33. The molecule has 1 N–H and O–H groups in total. The predicted molar refractivity (Wildman–Crippen MR) is 75.7 cm³/mol. The molecule has 0 atom stereocenters. The average Bonchev–Trinajstić information content (AvgIpc) is 2.76. The van der Waals surface area contributed by atoms with Gasteiger partial charge >= 0.3 is 0 Å². The highest BCUT2D eigenvalue weighted by atomic mass is 16.5. The van der Waals surface area contributed by atoms with Gasteiger partial charge in [0.1, 0.15) is 11.5 Å². The van der Waals surface area contributed by atoms with Crippen LogP contribution in [0.3, 0.4) is 0 Å². The predicted octanol–water partition coefficient (Wildman–Crippen LogP) is 1.20. The van der Waals surface area contributed by atoms with Crippen LogP contribution < -0.4 is 10.2 Å². The van der Waals surface area contributed by atoms with Crippen LogP contribution in [-0.4, -0.2) is 42.7 Å². The summed E-state index contributed by atoms with van der Waals surface area (Å²) in [5.41, 5.74) is 3.19. The smallest absolute Gasteiger partial charge is 0.138 e. The number of fused-ring (bicyclic) bond motifs is 1. The maximum absolute atomic E-state index is 5.33. The van der Waals surface area contributed by atoms with E-state index >= 15 is 0 Å². The topological polar surface area (TPSA) is 41.8 Å². The molecule has 5 nitrogen and oxygen atoms in total. The molecule has 1 aliphatic rings. The van der Waals surface area contributed by atoms with Crippen LogP contribution in [0.25, 0.3) is 5.65 Å². The number of nitrogens with one attached hydrogen (secondary N) is 1. The van der Waals surface area contributed by atoms with Gasteiger partial charge in [-0.15, -0.1) is 0 Å². The third-order valence-corrected chi connectivity index (χ3v) is 3.64. The SMILES string of the molecule is COCc1c(C)nc2cccc(N3CCNCC3)n12. The molecule has 102 valence electrons. The number of imidazole rings is 1. The quantitative estimate of drug-likeness (QED) is 0.900. The van der Waals surface area contributed by atoms with Gasteiger partial charge in [-0.25, -0.2) is 4.98 Å². The molecular weight excluding hydrogens is 240 g/mol. The number of hydrogen-bond donors (Lipinski definition) is 1. The highest BCUT2D eigenvalue weighted by Crippen LogP contribution is 2.22. The van der Waals surface area contributed by atoms with Gasteiger partial charge in [-0.05, 0) is 19.1 Å². The summed E-state index contributed by atoms with van der Waals surface area (Å²) >= 11 is 0. The lowest BCUT2D eigenvalue weighted by Gasteiger charge is -2.30. The molecule has 1 fully saturated rings. The molecule has 0 aromatic carbocycles. The molecule has 0 unspecified atom stereocenters. The van der Waals surface area contributed by atoms with Crippen LogP contribution in [0.4, 0.5) is 5.82 Å². The fourth-order valence-electron chi connectivity index (χ4n) is 2.70. The third kappa shape index (κ3) is 2.19. The van der Waals surface area contributed by atoms with Crippen LogP contribution in [0.1, 0.15) is 11.4 Å². The lowest BCUT2D eigenvalue weighted by molar-refractivity contribution is 0.180. The van der Waals surface area contributed by atoms with E-state index in [0.717, 1.165) is 43.2 Å². The summed E-state index contributed by atoms with van der Waals surface area (Å²) in [6.45, 7) is 6.76. The van der Waals surface area contributed by atoms with E-state index in [1.807, 2.05) is 6.92 Å². The van der Waals surface area contributed by atoms with Crippen molar-refractivity contribution in [3.05, 3.63) is 29.6 Å². The molecule has 0 saturated carbocycles. The first-order valence-electron chi connectivity index (χ1n) is 6.73. The lowest BCUT2D eigenvalue weighted by atomic mass is 10.3. The van der Waals surface area contributed by atoms with Crippen molar-refractivity contribution < 1.29 is 4.74 Å². The van der Waals surface area contributed by atoms with Gasteiger partial charge in [0.25, 0.3) is 0 Å². The Morgan fingerprint density at radius 3 is 2.84 bits per heavy atom. The second-order valence-electron chi connectivity index (χ2n) is 4.89. The van der Waals surface area contributed by atoms with Gasteiger partial charge in [-0.1, -0.05) is 6.07 Å². The molecule has 1 saturated heterocycles. The Hall–Kier alpha value is -1.59. The highest BCUT2D eigenvalue weighted by Gasteiger charge is 2.17. The van der Waals surface area contributed by atoms with Crippen LogP contribution in [-0.2, 0) is 11.3 Å². The van der Waals surface area contributed by atoms with Gasteiger partial charge in [-0.3, -0.25) is 4.40 Å². The van der Waals surface area contributed by atoms with Crippen molar-refractivity contribution in [3.63, 3.8) is 0 Å². The van der Waals surface area contributed by atoms with E-state index in [4.69, 9.17) is 4.74 Å². The van der Waals surface area contributed by atoms with Crippen molar-refractivity contribution in [3.8, 4) is 0 Å². The average molecular weight is 260 g/mol. The summed E-state index contributed by atoms with van der Waals surface area (Å²) in [5.74, 6) is 1.21. The van der Waals surface area contributed by atoms with E-state index < -0.39 is 0 Å². The molecule has 2 aromatic heterocycles. The van der Waals surface area contributed by atoms with Crippen LogP contribution in [0.2, 0.25) is 0 Å². The second-order valence-corrected chi connectivity index (χ2v) is 4.89. The molecule has 1 aliphatic heterocycles. The Balaban J connectivity index is 2.12. The minimum atomic E-state index is 0.593. The molecule has 5 heteroatoms. The number of methoxy groups -OCH3 is 1. The van der Waals surface area contributed by atoms with Crippen molar-refractivity contribution in [2.45, 2.75) is 13.5 Å². The first-order valence-corrected chi connectivity index (χ1v) is 6.73. The lowest BCUT2D eigenvalue weighted by Crippen LogP contribution is -2.44. The number of anilines is 1. The minimum Gasteiger partial charge on any atom is -0.378 e. The number of pyridine rings is 1. The van der Waals surface area contributed by atoms with Crippen molar-refractivity contribution >= 4 is 11.5 Å². The summed E-state index contributed by atoms with van der Waals surface area (Å²) < 4.78 is 7.55. The summed E-state index contributed by atoms with van der Waals surface area (Å²) in [6, 6.07) is 6.30. The van der Waals surface area contributed by atoms with Crippen LogP contribution in [0, 0.1) is 6.92 Å². The number of piperazine rings is 1. The monoisotopic (exact) mass is 260 g/mol. The fourth-order valence-corrected chi connectivity index (χ4v) is 2.70. The third-order valence-electron chi connectivity index (χ3n) is 3.64. The zero-order valence-corrected chi connectivity index (χ0v) is 11.5. The van der Waals surface area contributed by atoms with Crippen molar-refractivity contribution in [2.75, 3.05) is 38.2 Å². The Morgan fingerprint density at radius 2 is 2.11 bits per heavy atom. The van der Waals surface area contributed by atoms with Crippen LogP contribution in [0.5, 0.6) is 0 Å². The zero-order valence-electron chi connectivity index (χ0n) is 11.5.